The number of hydrogen-bond acceptors (Lipinski definition) is 3. The monoisotopic (exact) mass is 381 g/mol. The van der Waals surface area contributed by atoms with E-state index in [4.69, 9.17) is 0 Å². The first kappa shape index (κ1) is 20.6. The van der Waals surface area contributed by atoms with Crippen molar-refractivity contribution in [1.29, 1.82) is 0 Å². The molecule has 1 atom stereocenters. The summed E-state index contributed by atoms with van der Waals surface area (Å²) in [5.41, 5.74) is 0.478. The highest BCUT2D eigenvalue weighted by Crippen LogP contribution is 2.11. The molecular weight excluding hydrogens is 353 g/mol. The number of benzene rings is 1. The van der Waals surface area contributed by atoms with E-state index in [2.05, 4.69) is 12.2 Å². The van der Waals surface area contributed by atoms with Crippen LogP contribution >= 0.6 is 11.8 Å². The molecule has 3 amide bonds. The van der Waals surface area contributed by atoms with Gasteiger partial charge in [-0.05, 0) is 55.5 Å². The summed E-state index contributed by atoms with van der Waals surface area (Å²) in [6.45, 7) is 6.39. The molecule has 144 valence electrons. The Bertz CT molecular complexity index is 597. The van der Waals surface area contributed by atoms with Gasteiger partial charge in [0.05, 0.1) is 0 Å². The molecule has 1 saturated heterocycles. The molecule has 1 fully saturated rings. The first-order valence-corrected chi connectivity index (χ1v) is 10.3. The number of urea groups is 1. The van der Waals surface area contributed by atoms with E-state index in [9.17, 15) is 14.0 Å². The van der Waals surface area contributed by atoms with Gasteiger partial charge in [-0.25, -0.2) is 9.18 Å². The van der Waals surface area contributed by atoms with Crippen LogP contribution in [0.3, 0.4) is 0 Å². The molecule has 0 saturated carbocycles. The van der Waals surface area contributed by atoms with Crippen molar-refractivity contribution in [1.82, 2.24) is 15.1 Å². The van der Waals surface area contributed by atoms with Crippen molar-refractivity contribution in [2.45, 2.75) is 32.7 Å². The lowest BCUT2D eigenvalue weighted by molar-refractivity contribution is 0.0762. The predicted octanol–water partition coefficient (Wildman–Crippen LogP) is 3.21. The van der Waals surface area contributed by atoms with Crippen LogP contribution in [0.2, 0.25) is 0 Å². The molecule has 7 heteroatoms. The summed E-state index contributed by atoms with van der Waals surface area (Å²) in [7, 11) is 0. The van der Waals surface area contributed by atoms with Crippen LogP contribution in [-0.2, 0) is 0 Å². The van der Waals surface area contributed by atoms with Crippen molar-refractivity contribution in [3.05, 3.63) is 35.6 Å². The molecule has 0 aromatic heterocycles. The third-order valence-corrected chi connectivity index (χ3v) is 5.36. The van der Waals surface area contributed by atoms with Crippen molar-refractivity contribution < 1.29 is 14.0 Å². The summed E-state index contributed by atoms with van der Waals surface area (Å²) >= 11 is 1.87. The summed E-state index contributed by atoms with van der Waals surface area (Å²) in [5, 5.41) is 3.05. The largest absolute Gasteiger partial charge is 0.337 e. The molecule has 1 aromatic rings. The van der Waals surface area contributed by atoms with Crippen LogP contribution in [0.15, 0.2) is 24.3 Å². The fourth-order valence-corrected chi connectivity index (χ4v) is 3.69. The molecule has 1 unspecified atom stereocenters. The maximum Gasteiger partial charge on any atom is 0.317 e. The Balaban J connectivity index is 1.84. The quantitative estimate of drug-likeness (QED) is 0.770. The molecule has 0 radical (unpaired) electrons. The van der Waals surface area contributed by atoms with Crippen molar-refractivity contribution >= 4 is 23.7 Å². The lowest BCUT2D eigenvalue weighted by Crippen LogP contribution is -2.45. The number of nitrogens with one attached hydrogen (secondary N) is 1. The molecule has 5 nitrogen and oxygen atoms in total. The van der Waals surface area contributed by atoms with E-state index >= 15 is 0 Å². The maximum absolute atomic E-state index is 13.0. The van der Waals surface area contributed by atoms with E-state index in [-0.39, 0.29) is 23.8 Å². The fraction of sp³-hybridized carbons (Fsp3) is 0.579. The molecule has 1 aliphatic heterocycles. The zero-order chi connectivity index (χ0) is 18.9. The molecule has 1 aliphatic rings. The van der Waals surface area contributed by atoms with Gasteiger partial charge in [-0.2, -0.15) is 11.8 Å². The van der Waals surface area contributed by atoms with Gasteiger partial charge in [0.15, 0.2) is 0 Å². The minimum absolute atomic E-state index is 0.0601. The van der Waals surface area contributed by atoms with Gasteiger partial charge in [-0.15, -0.1) is 0 Å². The van der Waals surface area contributed by atoms with Crippen LogP contribution in [0.25, 0.3) is 0 Å². The lowest BCUT2D eigenvalue weighted by atomic mass is 10.2. The van der Waals surface area contributed by atoms with E-state index in [1.54, 1.807) is 9.80 Å². The highest BCUT2D eigenvalue weighted by atomic mass is 32.2. The number of rotatable bonds is 6. The van der Waals surface area contributed by atoms with E-state index in [0.29, 0.717) is 31.7 Å². The van der Waals surface area contributed by atoms with Crippen LogP contribution in [0, 0.1) is 5.82 Å². The van der Waals surface area contributed by atoms with Gasteiger partial charge < -0.3 is 15.1 Å². The topological polar surface area (TPSA) is 52.7 Å². The first-order valence-electron chi connectivity index (χ1n) is 9.19. The van der Waals surface area contributed by atoms with Gasteiger partial charge in [-0.1, -0.05) is 6.92 Å². The fourth-order valence-electron chi connectivity index (χ4n) is 2.88. The minimum Gasteiger partial charge on any atom is -0.337 e. The van der Waals surface area contributed by atoms with Gasteiger partial charge in [-0.3, -0.25) is 4.79 Å². The number of carbonyl (C=O) groups excluding carboxylic acids is 2. The Hall–Kier alpha value is -1.76. The Kier molecular flexibility index (Phi) is 8.22. The first-order chi connectivity index (χ1) is 12.5. The Morgan fingerprint density at radius 3 is 2.50 bits per heavy atom. The SMILES string of the molecule is CCSCCC(C)NC(=O)N1CCCN(C(=O)c2ccc(F)cc2)CC1. The number of hydrogen-bond donors (Lipinski definition) is 1. The molecule has 2 rings (SSSR count). The molecule has 26 heavy (non-hydrogen) atoms. The Morgan fingerprint density at radius 2 is 1.81 bits per heavy atom. The zero-order valence-electron chi connectivity index (χ0n) is 15.5. The molecule has 0 spiro atoms. The standard InChI is InChI=1S/C19H28FN3O2S/c1-3-26-14-9-15(2)21-19(25)23-11-4-10-22(12-13-23)18(24)16-5-7-17(20)8-6-16/h5-8,15H,3-4,9-14H2,1-2H3,(H,21,25). The van der Waals surface area contributed by atoms with E-state index in [1.807, 2.05) is 18.7 Å². The maximum atomic E-state index is 13.0. The van der Waals surface area contributed by atoms with E-state index in [0.717, 1.165) is 24.3 Å². The van der Waals surface area contributed by atoms with Crippen LogP contribution < -0.4 is 5.32 Å². The third kappa shape index (κ3) is 6.20. The number of amides is 3. The highest BCUT2D eigenvalue weighted by Gasteiger charge is 2.23. The molecule has 0 bridgehead atoms. The van der Waals surface area contributed by atoms with Crippen LogP contribution in [0.4, 0.5) is 9.18 Å². The summed E-state index contributed by atoms with van der Waals surface area (Å²) in [6.07, 6.45) is 1.69. The van der Waals surface area contributed by atoms with Gasteiger partial charge in [0.1, 0.15) is 5.82 Å². The second-order valence-corrected chi connectivity index (χ2v) is 7.87. The highest BCUT2D eigenvalue weighted by molar-refractivity contribution is 7.99. The zero-order valence-corrected chi connectivity index (χ0v) is 16.4. The van der Waals surface area contributed by atoms with Crippen LogP contribution in [-0.4, -0.2) is 65.5 Å². The summed E-state index contributed by atoms with van der Waals surface area (Å²) in [6, 6.07) is 5.68. The van der Waals surface area contributed by atoms with E-state index < -0.39 is 0 Å². The normalized spacial score (nSPS) is 16.1. The van der Waals surface area contributed by atoms with Gasteiger partial charge >= 0.3 is 6.03 Å². The van der Waals surface area contributed by atoms with E-state index in [1.165, 1.54) is 24.3 Å². The summed E-state index contributed by atoms with van der Waals surface area (Å²) in [5.74, 6) is 1.66. The smallest absolute Gasteiger partial charge is 0.317 e. The molecule has 1 heterocycles. The summed E-state index contributed by atoms with van der Waals surface area (Å²) in [4.78, 5) is 28.5. The molecule has 1 N–H and O–H groups in total. The Morgan fingerprint density at radius 1 is 1.15 bits per heavy atom. The molecular formula is C19H28FN3O2S. The number of carbonyl (C=O) groups is 2. The van der Waals surface area contributed by atoms with Crippen molar-refractivity contribution in [3.63, 3.8) is 0 Å². The number of halogens is 1. The predicted molar refractivity (Wildman–Crippen MR) is 104 cm³/mol. The molecule has 0 aliphatic carbocycles. The van der Waals surface area contributed by atoms with Crippen LogP contribution in [0.1, 0.15) is 37.0 Å². The lowest BCUT2D eigenvalue weighted by Gasteiger charge is -2.24. The average Bonchev–Trinajstić information content (AvgIpc) is 2.88. The Labute approximate surface area is 159 Å². The van der Waals surface area contributed by atoms with Crippen molar-refractivity contribution in [2.24, 2.45) is 0 Å². The van der Waals surface area contributed by atoms with Gasteiger partial charge in [0.25, 0.3) is 5.91 Å². The van der Waals surface area contributed by atoms with Gasteiger partial charge in [0.2, 0.25) is 0 Å². The molecule has 1 aromatic carbocycles. The van der Waals surface area contributed by atoms with Crippen molar-refractivity contribution in [2.75, 3.05) is 37.7 Å². The average molecular weight is 382 g/mol. The van der Waals surface area contributed by atoms with Gasteiger partial charge in [0, 0.05) is 37.8 Å². The second kappa shape index (κ2) is 10.4. The van der Waals surface area contributed by atoms with Crippen molar-refractivity contribution in [3.8, 4) is 0 Å². The minimum atomic E-state index is -0.355. The summed E-state index contributed by atoms with van der Waals surface area (Å²) < 4.78 is 13.0. The third-order valence-electron chi connectivity index (χ3n) is 4.43. The number of nitrogens with zero attached hydrogens (tertiary/aromatic N) is 2. The number of thioether (sulfide) groups is 1. The van der Waals surface area contributed by atoms with Crippen LogP contribution in [0.5, 0.6) is 0 Å². The second-order valence-electron chi connectivity index (χ2n) is 6.48.